The molecule has 56 heavy (non-hydrogen) atoms. The fraction of sp³-hybridized carbons (Fsp3) is 0. The third-order valence-corrected chi connectivity index (χ3v) is 10.8. The molecule has 0 saturated heterocycles. The van der Waals surface area contributed by atoms with Crippen LogP contribution in [0, 0.1) is 0 Å². The van der Waals surface area contributed by atoms with Crippen molar-refractivity contribution in [1.82, 2.24) is 4.57 Å². The molecule has 264 valence electrons. The van der Waals surface area contributed by atoms with Crippen LogP contribution in [-0.2, 0) is 0 Å². The largest absolute Gasteiger partial charge is 0.310 e. The van der Waals surface area contributed by atoms with Crippen molar-refractivity contribution in [2.45, 2.75) is 0 Å². The quantitative estimate of drug-likeness (QED) is 0.152. The van der Waals surface area contributed by atoms with E-state index in [-0.39, 0.29) is 0 Å². The zero-order chi connectivity index (χ0) is 37.3. The molecule has 0 fully saturated rings. The Labute approximate surface area is 327 Å². The van der Waals surface area contributed by atoms with Crippen molar-refractivity contribution < 1.29 is 0 Å². The standard InChI is InChI=1S/C54H38N2/c1-3-14-39(15-4-1)41-28-30-42(31-29-41)45-19-12-22-49(37-45)55(48-21-11-18-44(36-48)40-16-5-2-6-17-40)47-34-32-43(33-35-47)46-20-13-23-50(38-46)56-53-26-9-7-24-51(53)52-25-8-10-27-54(52)56/h1-38H. The minimum absolute atomic E-state index is 1.09. The Morgan fingerprint density at radius 3 is 1.16 bits per heavy atom. The van der Waals surface area contributed by atoms with Crippen molar-refractivity contribution in [3.8, 4) is 50.2 Å². The van der Waals surface area contributed by atoms with Gasteiger partial charge in [0, 0.05) is 33.5 Å². The van der Waals surface area contributed by atoms with Crippen LogP contribution in [-0.4, -0.2) is 4.57 Å². The number of anilines is 3. The van der Waals surface area contributed by atoms with Crippen molar-refractivity contribution in [3.05, 3.63) is 231 Å². The monoisotopic (exact) mass is 714 g/mol. The summed E-state index contributed by atoms with van der Waals surface area (Å²) in [7, 11) is 0. The highest BCUT2D eigenvalue weighted by Crippen LogP contribution is 2.40. The van der Waals surface area contributed by atoms with Gasteiger partial charge in [0.25, 0.3) is 0 Å². The van der Waals surface area contributed by atoms with Gasteiger partial charge >= 0.3 is 0 Å². The number of nitrogens with zero attached hydrogens (tertiary/aromatic N) is 2. The maximum atomic E-state index is 2.38. The fourth-order valence-corrected chi connectivity index (χ4v) is 8.04. The summed E-state index contributed by atoms with van der Waals surface area (Å²) in [5.41, 5.74) is 16.4. The molecule has 0 aliphatic carbocycles. The highest BCUT2D eigenvalue weighted by atomic mass is 15.1. The first kappa shape index (κ1) is 33.2. The molecule has 2 nitrogen and oxygen atoms in total. The Bertz CT molecular complexity index is 2890. The molecule has 0 aliphatic rings. The molecule has 0 saturated carbocycles. The molecule has 1 heterocycles. The van der Waals surface area contributed by atoms with Crippen molar-refractivity contribution >= 4 is 38.9 Å². The molecule has 10 aromatic rings. The Balaban J connectivity index is 1.04. The summed E-state index contributed by atoms with van der Waals surface area (Å²) in [5, 5.41) is 2.53. The third-order valence-electron chi connectivity index (χ3n) is 10.8. The van der Waals surface area contributed by atoms with E-state index in [4.69, 9.17) is 0 Å². The van der Waals surface area contributed by atoms with E-state index in [1.165, 1.54) is 66.3 Å². The Morgan fingerprint density at radius 2 is 0.625 bits per heavy atom. The van der Waals surface area contributed by atoms with Gasteiger partial charge in [-0.3, -0.25) is 0 Å². The van der Waals surface area contributed by atoms with Crippen LogP contribution in [0.4, 0.5) is 17.1 Å². The number of aromatic nitrogens is 1. The second-order valence-corrected chi connectivity index (χ2v) is 14.2. The minimum atomic E-state index is 1.09. The van der Waals surface area contributed by atoms with Crippen LogP contribution in [0.5, 0.6) is 0 Å². The van der Waals surface area contributed by atoms with E-state index in [0.29, 0.717) is 0 Å². The lowest BCUT2D eigenvalue weighted by Gasteiger charge is -2.27. The number of rotatable bonds is 8. The molecule has 1 aromatic heterocycles. The number of para-hydroxylation sites is 2. The first-order chi connectivity index (χ1) is 27.8. The van der Waals surface area contributed by atoms with Gasteiger partial charge in [0.2, 0.25) is 0 Å². The molecule has 0 radical (unpaired) electrons. The summed E-state index contributed by atoms with van der Waals surface area (Å²) in [6.07, 6.45) is 0. The first-order valence-corrected chi connectivity index (χ1v) is 19.2. The van der Waals surface area contributed by atoms with Crippen molar-refractivity contribution in [2.24, 2.45) is 0 Å². The van der Waals surface area contributed by atoms with Crippen LogP contribution >= 0.6 is 0 Å². The molecule has 0 spiro atoms. The summed E-state index contributed by atoms with van der Waals surface area (Å²) >= 11 is 0. The van der Waals surface area contributed by atoms with Gasteiger partial charge in [-0.15, -0.1) is 0 Å². The van der Waals surface area contributed by atoms with Gasteiger partial charge in [-0.25, -0.2) is 0 Å². The summed E-state index contributed by atoms with van der Waals surface area (Å²) < 4.78 is 2.38. The van der Waals surface area contributed by atoms with E-state index in [1.807, 2.05) is 0 Å². The summed E-state index contributed by atoms with van der Waals surface area (Å²) in [5.74, 6) is 0. The average molecular weight is 715 g/mol. The van der Waals surface area contributed by atoms with E-state index < -0.39 is 0 Å². The van der Waals surface area contributed by atoms with Crippen molar-refractivity contribution in [3.63, 3.8) is 0 Å². The number of benzene rings is 9. The van der Waals surface area contributed by atoms with E-state index in [9.17, 15) is 0 Å². The maximum absolute atomic E-state index is 2.38. The van der Waals surface area contributed by atoms with Crippen LogP contribution in [0.15, 0.2) is 231 Å². The van der Waals surface area contributed by atoms with E-state index in [0.717, 1.165) is 22.7 Å². The van der Waals surface area contributed by atoms with Gasteiger partial charge in [-0.05, 0) is 105 Å². The average Bonchev–Trinajstić information content (AvgIpc) is 3.62. The Hall–Kier alpha value is -7.42. The van der Waals surface area contributed by atoms with Gasteiger partial charge < -0.3 is 9.47 Å². The lowest BCUT2D eigenvalue weighted by Crippen LogP contribution is -2.10. The molecular formula is C54H38N2. The Kier molecular flexibility index (Phi) is 8.55. The molecule has 0 aliphatic heterocycles. The smallest absolute Gasteiger partial charge is 0.0541 e. The Morgan fingerprint density at radius 1 is 0.250 bits per heavy atom. The number of hydrogen-bond acceptors (Lipinski definition) is 1. The molecule has 0 N–H and O–H groups in total. The van der Waals surface area contributed by atoms with E-state index in [2.05, 4.69) is 240 Å². The number of hydrogen-bond donors (Lipinski definition) is 0. The normalized spacial score (nSPS) is 11.2. The predicted molar refractivity (Wildman–Crippen MR) is 237 cm³/mol. The lowest BCUT2D eigenvalue weighted by atomic mass is 9.99. The summed E-state index contributed by atoms with van der Waals surface area (Å²) in [6.45, 7) is 0. The first-order valence-electron chi connectivity index (χ1n) is 19.2. The molecule has 0 unspecified atom stereocenters. The maximum Gasteiger partial charge on any atom is 0.0541 e. The molecule has 0 bridgehead atoms. The second kappa shape index (κ2) is 14.4. The van der Waals surface area contributed by atoms with E-state index >= 15 is 0 Å². The van der Waals surface area contributed by atoms with Gasteiger partial charge in [0.05, 0.1) is 11.0 Å². The number of fused-ring (bicyclic) bond motifs is 3. The molecule has 0 amide bonds. The molecule has 0 atom stereocenters. The zero-order valence-corrected chi connectivity index (χ0v) is 30.8. The lowest BCUT2D eigenvalue weighted by molar-refractivity contribution is 1.18. The summed E-state index contributed by atoms with van der Waals surface area (Å²) in [6, 6.07) is 83.0. The summed E-state index contributed by atoms with van der Waals surface area (Å²) in [4.78, 5) is 2.37. The highest BCUT2D eigenvalue weighted by Gasteiger charge is 2.16. The van der Waals surface area contributed by atoms with Gasteiger partial charge in [-0.1, -0.05) is 170 Å². The van der Waals surface area contributed by atoms with Crippen molar-refractivity contribution in [1.29, 1.82) is 0 Å². The van der Waals surface area contributed by atoms with Crippen LogP contribution in [0.3, 0.4) is 0 Å². The zero-order valence-electron chi connectivity index (χ0n) is 30.8. The second-order valence-electron chi connectivity index (χ2n) is 14.2. The van der Waals surface area contributed by atoms with Crippen LogP contribution in [0.25, 0.3) is 72.0 Å². The van der Waals surface area contributed by atoms with Crippen LogP contribution in [0.2, 0.25) is 0 Å². The molecule has 9 aromatic carbocycles. The molecule has 2 heteroatoms. The SMILES string of the molecule is c1ccc(-c2ccc(-c3cccc(N(c4ccc(-c5cccc(-n6c7ccccc7c7ccccc76)c5)cc4)c4cccc(-c5ccccc5)c4)c3)cc2)cc1. The van der Waals surface area contributed by atoms with Gasteiger partial charge in [-0.2, -0.15) is 0 Å². The van der Waals surface area contributed by atoms with Crippen molar-refractivity contribution in [2.75, 3.05) is 4.90 Å². The van der Waals surface area contributed by atoms with Gasteiger partial charge in [0.1, 0.15) is 0 Å². The van der Waals surface area contributed by atoms with E-state index in [1.54, 1.807) is 0 Å². The fourth-order valence-electron chi connectivity index (χ4n) is 8.04. The predicted octanol–water partition coefficient (Wildman–Crippen LogP) is 14.9. The van der Waals surface area contributed by atoms with Crippen LogP contribution in [0.1, 0.15) is 0 Å². The third kappa shape index (κ3) is 6.24. The highest BCUT2D eigenvalue weighted by molar-refractivity contribution is 6.09. The topological polar surface area (TPSA) is 8.17 Å². The molecular weight excluding hydrogens is 677 g/mol. The van der Waals surface area contributed by atoms with Crippen LogP contribution < -0.4 is 4.90 Å². The van der Waals surface area contributed by atoms with Gasteiger partial charge in [0.15, 0.2) is 0 Å². The minimum Gasteiger partial charge on any atom is -0.310 e. The molecule has 10 rings (SSSR count).